The summed E-state index contributed by atoms with van der Waals surface area (Å²) in [6.07, 6.45) is 0.0550. The summed E-state index contributed by atoms with van der Waals surface area (Å²) in [6.45, 7) is 3.10. The van der Waals surface area contributed by atoms with Crippen molar-refractivity contribution in [3.05, 3.63) is 54.1 Å². The second-order valence-corrected chi connectivity index (χ2v) is 7.11. The molecule has 3 rings (SSSR count). The Hall–Kier alpha value is -3.68. The molecule has 3 amide bonds. The van der Waals surface area contributed by atoms with E-state index in [4.69, 9.17) is 4.74 Å². The number of rotatable bonds is 6. The fraction of sp³-hybridized carbons (Fsp3) is 0.273. The van der Waals surface area contributed by atoms with Crippen molar-refractivity contribution in [1.29, 1.82) is 0 Å². The number of nitrogens with one attached hydrogen (secondary N) is 2. The molecule has 1 aliphatic rings. The lowest BCUT2D eigenvalue weighted by Crippen LogP contribution is -2.28. The van der Waals surface area contributed by atoms with Crippen LogP contribution in [0.2, 0.25) is 0 Å². The predicted molar refractivity (Wildman–Crippen MR) is 112 cm³/mol. The molecule has 1 heterocycles. The third-order valence-corrected chi connectivity index (χ3v) is 4.70. The van der Waals surface area contributed by atoms with Crippen LogP contribution in [0.4, 0.5) is 17.1 Å². The molecule has 156 valence electrons. The average Bonchev–Trinajstić information content (AvgIpc) is 3.09. The van der Waals surface area contributed by atoms with Crippen LogP contribution in [0.1, 0.15) is 18.9 Å². The summed E-state index contributed by atoms with van der Waals surface area (Å²) in [6, 6.07) is 14.0. The molecule has 1 saturated heterocycles. The summed E-state index contributed by atoms with van der Waals surface area (Å²) in [5, 5.41) is 5.24. The molecule has 8 heteroatoms. The lowest BCUT2D eigenvalue weighted by Gasteiger charge is -2.18. The maximum atomic E-state index is 12.3. The standard InChI is InChI=1S/C22H23N3O5/c1-14-5-3-4-6-19(14)25-12-16(11-21(25)28)22(29)30-13-20(27)24-18-9-7-17(8-10-18)23-15(2)26/h3-10,16H,11-13H2,1-2H3,(H,23,26)(H,24,27)/t16-/m1/s1. The highest BCUT2D eigenvalue weighted by Crippen LogP contribution is 2.28. The smallest absolute Gasteiger partial charge is 0.311 e. The number of ether oxygens (including phenoxy) is 1. The molecule has 0 aliphatic carbocycles. The van der Waals surface area contributed by atoms with Crippen molar-refractivity contribution in [2.45, 2.75) is 20.3 Å². The summed E-state index contributed by atoms with van der Waals surface area (Å²) < 4.78 is 5.11. The maximum absolute atomic E-state index is 12.3. The van der Waals surface area contributed by atoms with Crippen molar-refractivity contribution in [1.82, 2.24) is 0 Å². The normalized spacial score (nSPS) is 15.6. The average molecular weight is 409 g/mol. The molecule has 30 heavy (non-hydrogen) atoms. The molecule has 0 unspecified atom stereocenters. The van der Waals surface area contributed by atoms with E-state index in [1.165, 1.54) is 6.92 Å². The van der Waals surface area contributed by atoms with Gasteiger partial charge in [-0.15, -0.1) is 0 Å². The lowest BCUT2D eigenvalue weighted by atomic mass is 10.1. The summed E-state index contributed by atoms with van der Waals surface area (Å²) in [5.74, 6) is -2.01. The van der Waals surface area contributed by atoms with Crippen molar-refractivity contribution < 1.29 is 23.9 Å². The van der Waals surface area contributed by atoms with Gasteiger partial charge in [-0.05, 0) is 42.8 Å². The van der Waals surface area contributed by atoms with Gasteiger partial charge in [0.05, 0.1) is 5.92 Å². The van der Waals surface area contributed by atoms with Crippen molar-refractivity contribution in [2.75, 3.05) is 28.7 Å². The minimum Gasteiger partial charge on any atom is -0.455 e. The Morgan fingerprint density at radius 2 is 1.67 bits per heavy atom. The zero-order valence-electron chi connectivity index (χ0n) is 16.8. The van der Waals surface area contributed by atoms with Crippen molar-refractivity contribution in [3.8, 4) is 0 Å². The van der Waals surface area contributed by atoms with Gasteiger partial charge in [0.25, 0.3) is 5.91 Å². The lowest BCUT2D eigenvalue weighted by molar-refractivity contribution is -0.151. The summed E-state index contributed by atoms with van der Waals surface area (Å²) in [4.78, 5) is 49.3. The van der Waals surface area contributed by atoms with Gasteiger partial charge in [-0.25, -0.2) is 0 Å². The minimum absolute atomic E-state index is 0.0550. The number of nitrogens with zero attached hydrogens (tertiary/aromatic N) is 1. The Morgan fingerprint density at radius 3 is 2.30 bits per heavy atom. The zero-order chi connectivity index (χ0) is 21.7. The van der Waals surface area contributed by atoms with Crippen LogP contribution < -0.4 is 15.5 Å². The summed E-state index contributed by atoms with van der Waals surface area (Å²) >= 11 is 0. The van der Waals surface area contributed by atoms with Gasteiger partial charge in [0.2, 0.25) is 11.8 Å². The van der Waals surface area contributed by atoms with Crippen LogP contribution in [0, 0.1) is 12.8 Å². The third kappa shape index (κ3) is 5.22. The molecule has 0 saturated carbocycles. The van der Waals surface area contributed by atoms with Crippen molar-refractivity contribution in [3.63, 3.8) is 0 Å². The molecular formula is C22H23N3O5. The number of esters is 1. The highest BCUT2D eigenvalue weighted by molar-refractivity contribution is 6.00. The van der Waals surface area contributed by atoms with Crippen LogP contribution in [-0.2, 0) is 23.9 Å². The highest BCUT2D eigenvalue weighted by Gasteiger charge is 2.36. The van der Waals surface area contributed by atoms with E-state index >= 15 is 0 Å². The van der Waals surface area contributed by atoms with E-state index in [0.29, 0.717) is 11.4 Å². The predicted octanol–water partition coefficient (Wildman–Crippen LogP) is 2.49. The van der Waals surface area contributed by atoms with Gasteiger partial charge < -0.3 is 20.3 Å². The molecule has 0 bridgehead atoms. The quantitative estimate of drug-likeness (QED) is 0.714. The van der Waals surface area contributed by atoms with Gasteiger partial charge in [-0.3, -0.25) is 19.2 Å². The molecule has 0 aromatic heterocycles. The van der Waals surface area contributed by atoms with Gasteiger partial charge >= 0.3 is 5.97 Å². The summed E-state index contributed by atoms with van der Waals surface area (Å²) in [7, 11) is 0. The van der Waals surface area contributed by atoms with E-state index in [2.05, 4.69) is 10.6 Å². The van der Waals surface area contributed by atoms with Crippen LogP contribution in [-0.4, -0.2) is 36.8 Å². The van der Waals surface area contributed by atoms with Gasteiger partial charge in [0, 0.05) is 37.0 Å². The molecular weight excluding hydrogens is 386 g/mol. The Morgan fingerprint density at radius 1 is 1.03 bits per heavy atom. The van der Waals surface area contributed by atoms with Crippen LogP contribution in [0.5, 0.6) is 0 Å². The van der Waals surface area contributed by atoms with Gasteiger partial charge in [-0.1, -0.05) is 18.2 Å². The van der Waals surface area contributed by atoms with Gasteiger partial charge in [0.15, 0.2) is 6.61 Å². The number of aryl methyl sites for hydroxylation is 1. The van der Waals surface area contributed by atoms with Crippen molar-refractivity contribution in [2.24, 2.45) is 5.92 Å². The Bertz CT molecular complexity index is 971. The van der Waals surface area contributed by atoms with Gasteiger partial charge in [0.1, 0.15) is 0 Å². The Balaban J connectivity index is 1.49. The molecule has 8 nitrogen and oxygen atoms in total. The Labute approximate surface area is 174 Å². The van der Waals surface area contributed by atoms with E-state index in [0.717, 1.165) is 11.3 Å². The number of hydrogen-bond donors (Lipinski definition) is 2. The van der Waals surface area contributed by atoms with E-state index in [-0.39, 0.29) is 24.8 Å². The fourth-order valence-electron chi connectivity index (χ4n) is 3.26. The molecule has 0 radical (unpaired) electrons. The molecule has 2 aromatic rings. The topological polar surface area (TPSA) is 105 Å². The number of benzene rings is 2. The molecule has 1 fully saturated rings. The van der Waals surface area contributed by atoms with Crippen LogP contribution in [0.3, 0.4) is 0 Å². The largest absolute Gasteiger partial charge is 0.455 e. The number of hydrogen-bond acceptors (Lipinski definition) is 5. The number of para-hydroxylation sites is 1. The summed E-state index contributed by atoms with van der Waals surface area (Å²) in [5.41, 5.74) is 2.84. The number of carbonyl (C=O) groups excluding carboxylic acids is 4. The number of amides is 3. The van der Waals surface area contributed by atoms with Gasteiger partial charge in [-0.2, -0.15) is 0 Å². The second-order valence-electron chi connectivity index (χ2n) is 7.11. The second kappa shape index (κ2) is 9.21. The minimum atomic E-state index is -0.609. The highest BCUT2D eigenvalue weighted by atomic mass is 16.5. The fourth-order valence-corrected chi connectivity index (χ4v) is 3.26. The third-order valence-electron chi connectivity index (χ3n) is 4.70. The van der Waals surface area contributed by atoms with E-state index < -0.39 is 24.4 Å². The van der Waals surface area contributed by atoms with E-state index in [9.17, 15) is 19.2 Å². The monoisotopic (exact) mass is 409 g/mol. The zero-order valence-corrected chi connectivity index (χ0v) is 16.8. The van der Waals surface area contributed by atoms with Crippen LogP contribution in [0.15, 0.2) is 48.5 Å². The molecule has 0 spiro atoms. The van der Waals surface area contributed by atoms with Crippen LogP contribution in [0.25, 0.3) is 0 Å². The Kier molecular flexibility index (Phi) is 6.46. The van der Waals surface area contributed by atoms with E-state index in [1.54, 1.807) is 29.2 Å². The van der Waals surface area contributed by atoms with Crippen LogP contribution >= 0.6 is 0 Å². The number of anilines is 3. The SMILES string of the molecule is CC(=O)Nc1ccc(NC(=O)COC(=O)[C@@H]2CC(=O)N(c3ccccc3C)C2)cc1. The van der Waals surface area contributed by atoms with Crippen molar-refractivity contribution >= 4 is 40.8 Å². The molecule has 2 N–H and O–H groups in total. The first kappa shape index (κ1) is 21.0. The molecule has 1 aliphatic heterocycles. The van der Waals surface area contributed by atoms with E-state index in [1.807, 2.05) is 31.2 Å². The first-order chi connectivity index (χ1) is 14.3. The maximum Gasteiger partial charge on any atom is 0.311 e. The first-order valence-corrected chi connectivity index (χ1v) is 9.53. The number of carbonyl (C=O) groups is 4. The molecule has 2 aromatic carbocycles. The first-order valence-electron chi connectivity index (χ1n) is 9.53. The molecule has 1 atom stereocenters.